The maximum atomic E-state index is 3.63. The maximum absolute atomic E-state index is 3.63. The Morgan fingerprint density at radius 2 is 1.47 bits per heavy atom. The van der Waals surface area contributed by atoms with Gasteiger partial charge in [0.15, 0.2) is 0 Å². The predicted octanol–water partition coefficient (Wildman–Crippen LogP) is 4.62. The van der Waals surface area contributed by atoms with Gasteiger partial charge in [-0.3, -0.25) is 0 Å². The molecule has 0 bridgehead atoms. The van der Waals surface area contributed by atoms with Crippen LogP contribution in [-0.4, -0.2) is 15.2 Å². The summed E-state index contributed by atoms with van der Waals surface area (Å²) in [6.07, 6.45) is 6.48. The summed E-state index contributed by atoms with van der Waals surface area (Å²) in [6.45, 7) is 14.5. The first-order valence-corrected chi connectivity index (χ1v) is 13.8. The molecule has 0 aromatic rings. The molecule has 0 N–H and O–H groups in total. The van der Waals surface area contributed by atoms with Crippen LogP contribution in [0, 0.1) is 11.5 Å². The summed E-state index contributed by atoms with van der Waals surface area (Å²) >= 11 is 0. The number of hydrogen-bond donors (Lipinski definition) is 0. The second kappa shape index (κ2) is 6.55. The molecule has 0 atom stereocenters. The summed E-state index contributed by atoms with van der Waals surface area (Å²) < 4.78 is 0. The van der Waals surface area contributed by atoms with E-state index in [0.717, 1.165) is 6.42 Å². The van der Waals surface area contributed by atoms with Crippen LogP contribution in [0.25, 0.3) is 0 Å². The lowest BCUT2D eigenvalue weighted by Crippen LogP contribution is -2.51. The molecule has 0 amide bonds. The molecule has 15 heavy (non-hydrogen) atoms. The summed E-state index contributed by atoms with van der Waals surface area (Å²) in [4.78, 5) is 0. The molecule has 2 heteroatoms. The van der Waals surface area contributed by atoms with Crippen LogP contribution in [-0.2, 0) is 0 Å². The van der Waals surface area contributed by atoms with Gasteiger partial charge in [-0.2, -0.15) is 0 Å². The van der Waals surface area contributed by atoms with Crippen molar-refractivity contribution in [2.24, 2.45) is 0 Å². The molecule has 0 saturated carbocycles. The normalized spacial score (nSPS) is 12.1. The molecule has 0 aliphatic heterocycles. The van der Waals surface area contributed by atoms with Crippen molar-refractivity contribution >= 4 is 15.2 Å². The molecule has 0 aromatic heterocycles. The highest BCUT2D eigenvalue weighted by molar-refractivity contribution is 7.43. The third-order valence-electron chi connectivity index (χ3n) is 3.43. The van der Waals surface area contributed by atoms with Gasteiger partial charge < -0.3 is 0 Å². The number of hydrogen-bond acceptors (Lipinski definition) is 0. The Kier molecular flexibility index (Phi) is 6.55. The van der Waals surface area contributed by atoms with Gasteiger partial charge in [-0.05, 0) is 6.42 Å². The Balaban J connectivity index is 3.95. The van der Waals surface area contributed by atoms with E-state index >= 15 is 0 Å². The van der Waals surface area contributed by atoms with E-state index in [9.17, 15) is 0 Å². The summed E-state index contributed by atoms with van der Waals surface area (Å²) in [5.74, 6) is 3.44. The predicted molar refractivity (Wildman–Crippen MR) is 77.4 cm³/mol. The number of rotatable bonds is 5. The van der Waals surface area contributed by atoms with Gasteiger partial charge >= 0.3 is 0 Å². The van der Waals surface area contributed by atoms with Crippen molar-refractivity contribution in [3.8, 4) is 11.5 Å². The Morgan fingerprint density at radius 3 is 1.93 bits per heavy atom. The Labute approximate surface area is 98.7 Å². The van der Waals surface area contributed by atoms with Crippen molar-refractivity contribution in [1.29, 1.82) is 0 Å². The van der Waals surface area contributed by atoms with Crippen LogP contribution in [0.4, 0.5) is 0 Å². The summed E-state index contributed by atoms with van der Waals surface area (Å²) in [5.41, 5.74) is 3.63. The molecule has 0 aromatic carbocycles. The first kappa shape index (κ1) is 15.0. The quantitative estimate of drug-likeness (QED) is 0.373. The van der Waals surface area contributed by atoms with Gasteiger partial charge in [0.05, 0.1) is 7.59 Å². The van der Waals surface area contributed by atoms with Crippen LogP contribution in [0.5, 0.6) is 0 Å². The Hall–Kier alpha value is -0.00623. The van der Waals surface area contributed by atoms with Crippen molar-refractivity contribution in [3.63, 3.8) is 0 Å². The summed E-state index contributed by atoms with van der Waals surface area (Å²) in [6, 6.07) is 0. The Morgan fingerprint density at radius 1 is 0.867 bits per heavy atom. The highest BCUT2D eigenvalue weighted by Gasteiger charge is 2.35. The van der Waals surface area contributed by atoms with Gasteiger partial charge in [0, 0.05) is 6.42 Å². The minimum atomic E-state index is -1.20. The average Bonchev–Trinajstić information content (AvgIpc) is 2.09. The first-order chi connectivity index (χ1) is 6.81. The van der Waals surface area contributed by atoms with Crippen molar-refractivity contribution in [2.45, 2.75) is 71.8 Å². The molecule has 0 fully saturated rings. The Bertz CT molecular complexity index is 225. The fourth-order valence-electron chi connectivity index (χ4n) is 1.11. The van der Waals surface area contributed by atoms with Crippen LogP contribution in [0.15, 0.2) is 0 Å². The van der Waals surface area contributed by atoms with E-state index in [1.165, 1.54) is 25.7 Å². The van der Waals surface area contributed by atoms with Crippen LogP contribution in [0.2, 0.25) is 32.7 Å². The van der Waals surface area contributed by atoms with Crippen molar-refractivity contribution in [3.05, 3.63) is 0 Å². The van der Waals surface area contributed by atoms with Crippen LogP contribution >= 0.6 is 0 Å². The van der Waals surface area contributed by atoms with Crippen molar-refractivity contribution in [2.75, 3.05) is 0 Å². The summed E-state index contributed by atoms with van der Waals surface area (Å²) in [5, 5.41) is 0. The van der Waals surface area contributed by atoms with Crippen LogP contribution in [0.1, 0.15) is 39.0 Å². The molecule has 0 rings (SSSR count). The molecule has 0 heterocycles. The van der Waals surface area contributed by atoms with Gasteiger partial charge in [-0.1, -0.05) is 58.9 Å². The largest absolute Gasteiger partial charge is 0.135 e. The second-order valence-electron chi connectivity index (χ2n) is 5.99. The van der Waals surface area contributed by atoms with E-state index in [1.807, 2.05) is 0 Å². The van der Waals surface area contributed by atoms with E-state index in [2.05, 4.69) is 51.1 Å². The fraction of sp³-hybridized carbons (Fsp3) is 0.846. The molecule has 0 spiro atoms. The third-order valence-corrected chi connectivity index (χ3v) is 19.6. The van der Waals surface area contributed by atoms with E-state index in [4.69, 9.17) is 0 Å². The number of unbranched alkanes of at least 4 members (excludes halogenated alkanes) is 4. The van der Waals surface area contributed by atoms with E-state index < -0.39 is 15.2 Å². The monoisotopic (exact) mass is 240 g/mol. The highest BCUT2D eigenvalue weighted by atomic mass is 29.3. The first-order valence-electron chi connectivity index (χ1n) is 6.31. The zero-order chi connectivity index (χ0) is 11.9. The fourth-order valence-corrected chi connectivity index (χ4v) is 3.44. The molecule has 0 radical (unpaired) electrons. The van der Waals surface area contributed by atoms with Crippen molar-refractivity contribution < 1.29 is 0 Å². The molecule has 0 nitrogen and oxygen atoms in total. The molecule has 0 aliphatic carbocycles. The smallest absolute Gasteiger partial charge is 0.123 e. The van der Waals surface area contributed by atoms with Crippen LogP contribution in [0.3, 0.4) is 0 Å². The standard InChI is InChI=1S/C13H28Si2/c1-7-8-9-10-11-12-13-15(5,6)14(2,3)4/h7-11H2,1-6H3. The van der Waals surface area contributed by atoms with Gasteiger partial charge in [0.1, 0.15) is 7.59 Å². The average molecular weight is 241 g/mol. The second-order valence-corrected chi connectivity index (χ2v) is 22.2. The van der Waals surface area contributed by atoms with Crippen LogP contribution < -0.4 is 0 Å². The van der Waals surface area contributed by atoms with Crippen molar-refractivity contribution in [1.82, 2.24) is 0 Å². The SMILES string of the molecule is CCCCCCC#C[Si](C)(C)[Si](C)(C)C. The summed E-state index contributed by atoms with van der Waals surface area (Å²) in [7, 11) is -2.19. The van der Waals surface area contributed by atoms with E-state index in [1.54, 1.807) is 0 Å². The molecule has 0 unspecified atom stereocenters. The lowest BCUT2D eigenvalue weighted by molar-refractivity contribution is 0.680. The lowest BCUT2D eigenvalue weighted by atomic mass is 10.2. The van der Waals surface area contributed by atoms with Gasteiger partial charge in [-0.15, -0.1) is 11.5 Å². The van der Waals surface area contributed by atoms with E-state index in [-0.39, 0.29) is 0 Å². The molecule has 0 aliphatic rings. The minimum Gasteiger partial charge on any atom is -0.135 e. The zero-order valence-electron chi connectivity index (χ0n) is 11.5. The molecule has 0 saturated heterocycles. The third kappa shape index (κ3) is 6.22. The van der Waals surface area contributed by atoms with Gasteiger partial charge in [0.2, 0.25) is 0 Å². The molecular weight excluding hydrogens is 212 g/mol. The van der Waals surface area contributed by atoms with Gasteiger partial charge in [-0.25, -0.2) is 0 Å². The maximum Gasteiger partial charge on any atom is 0.123 e. The zero-order valence-corrected chi connectivity index (χ0v) is 13.5. The molecular formula is C13H28Si2. The van der Waals surface area contributed by atoms with E-state index in [0.29, 0.717) is 0 Å². The lowest BCUT2D eigenvalue weighted by Gasteiger charge is -2.29. The van der Waals surface area contributed by atoms with Gasteiger partial charge in [0.25, 0.3) is 0 Å². The highest BCUT2D eigenvalue weighted by Crippen LogP contribution is 2.17. The topological polar surface area (TPSA) is 0 Å². The molecule has 88 valence electrons. The minimum absolute atomic E-state index is 0.995.